The first-order chi connectivity index (χ1) is 8.43. The number of rotatable bonds is 2. The van der Waals surface area contributed by atoms with Crippen LogP contribution in [-0.2, 0) is 6.18 Å². The van der Waals surface area contributed by atoms with E-state index in [-0.39, 0.29) is 6.04 Å². The van der Waals surface area contributed by atoms with Crippen LogP contribution < -0.4 is 5.73 Å². The Balaban J connectivity index is 2.23. The Bertz CT molecular complexity index is 400. The summed E-state index contributed by atoms with van der Waals surface area (Å²) >= 11 is 0. The molecule has 1 aromatic rings. The minimum absolute atomic E-state index is 0.136. The van der Waals surface area contributed by atoms with Gasteiger partial charge in [0, 0.05) is 6.04 Å². The molecule has 1 fully saturated rings. The fraction of sp³-hybridized carbons (Fsp3) is 0.538. The number of alkyl halides is 3. The van der Waals surface area contributed by atoms with Crippen LogP contribution in [-0.4, -0.2) is 25.0 Å². The fourth-order valence-corrected chi connectivity index (χ4v) is 2.67. The first kappa shape index (κ1) is 13.4. The van der Waals surface area contributed by atoms with Gasteiger partial charge in [-0.1, -0.05) is 12.1 Å². The maximum absolute atomic E-state index is 12.5. The zero-order valence-electron chi connectivity index (χ0n) is 10.2. The predicted molar refractivity (Wildman–Crippen MR) is 64.0 cm³/mol. The Morgan fingerprint density at radius 1 is 1.28 bits per heavy atom. The molecular formula is C13H17F3N2. The highest BCUT2D eigenvalue weighted by Gasteiger charge is 2.33. The van der Waals surface area contributed by atoms with Crippen LogP contribution in [0.25, 0.3) is 0 Å². The van der Waals surface area contributed by atoms with Gasteiger partial charge in [0.25, 0.3) is 0 Å². The molecule has 2 nitrogen and oxygen atoms in total. The van der Waals surface area contributed by atoms with Crippen LogP contribution in [0.4, 0.5) is 13.2 Å². The molecule has 0 unspecified atom stereocenters. The third-order valence-corrected chi connectivity index (χ3v) is 3.66. The summed E-state index contributed by atoms with van der Waals surface area (Å²) in [6, 6.07) is 5.57. The average Bonchev–Trinajstić information content (AvgIpc) is 2.69. The Morgan fingerprint density at radius 3 is 2.39 bits per heavy atom. The maximum Gasteiger partial charge on any atom is 0.416 e. The zero-order valence-corrected chi connectivity index (χ0v) is 10.2. The summed E-state index contributed by atoms with van der Waals surface area (Å²) in [5.74, 6) is 0.326. The Kier molecular flexibility index (Phi) is 3.64. The number of likely N-dealkylation sites (tertiary alicyclic amines) is 1. The van der Waals surface area contributed by atoms with Crippen LogP contribution in [0, 0.1) is 5.92 Å². The molecule has 1 heterocycles. The molecule has 5 heteroatoms. The van der Waals surface area contributed by atoms with Crippen LogP contribution in [0.1, 0.15) is 23.6 Å². The van der Waals surface area contributed by atoms with Gasteiger partial charge in [-0.2, -0.15) is 13.2 Å². The molecule has 2 rings (SSSR count). The minimum Gasteiger partial charge on any atom is -0.330 e. The van der Waals surface area contributed by atoms with Gasteiger partial charge in [0.15, 0.2) is 0 Å². The van der Waals surface area contributed by atoms with E-state index in [9.17, 15) is 13.2 Å². The lowest BCUT2D eigenvalue weighted by molar-refractivity contribution is -0.137. The van der Waals surface area contributed by atoms with Gasteiger partial charge in [-0.15, -0.1) is 0 Å². The predicted octanol–water partition coefficient (Wildman–Crippen LogP) is 2.66. The van der Waals surface area contributed by atoms with E-state index >= 15 is 0 Å². The molecule has 0 aliphatic carbocycles. The summed E-state index contributed by atoms with van der Waals surface area (Å²) < 4.78 is 37.5. The molecule has 0 aromatic heterocycles. The third kappa shape index (κ3) is 2.52. The molecule has 0 bridgehead atoms. The van der Waals surface area contributed by atoms with Gasteiger partial charge >= 0.3 is 6.18 Å². The van der Waals surface area contributed by atoms with Crippen molar-refractivity contribution in [2.75, 3.05) is 20.1 Å². The maximum atomic E-state index is 12.5. The van der Waals surface area contributed by atoms with Gasteiger partial charge in [-0.05, 0) is 50.2 Å². The van der Waals surface area contributed by atoms with E-state index in [0.717, 1.165) is 30.7 Å². The minimum atomic E-state index is -4.27. The summed E-state index contributed by atoms with van der Waals surface area (Å²) in [6.45, 7) is 1.50. The van der Waals surface area contributed by atoms with Crippen molar-refractivity contribution in [3.63, 3.8) is 0 Å². The molecule has 1 aliphatic rings. The molecule has 1 saturated heterocycles. The highest BCUT2D eigenvalue weighted by atomic mass is 19.4. The van der Waals surface area contributed by atoms with Crippen molar-refractivity contribution in [2.45, 2.75) is 18.6 Å². The fourth-order valence-electron chi connectivity index (χ4n) is 2.67. The van der Waals surface area contributed by atoms with Gasteiger partial charge in [-0.25, -0.2) is 0 Å². The molecule has 18 heavy (non-hydrogen) atoms. The Labute approximate surface area is 105 Å². The van der Waals surface area contributed by atoms with Gasteiger partial charge in [0.2, 0.25) is 0 Å². The van der Waals surface area contributed by atoms with Crippen LogP contribution in [0.5, 0.6) is 0 Å². The summed E-state index contributed by atoms with van der Waals surface area (Å²) in [5, 5.41) is 0. The third-order valence-electron chi connectivity index (χ3n) is 3.66. The molecule has 0 saturated carbocycles. The summed E-state index contributed by atoms with van der Waals surface area (Å²) in [4.78, 5) is 2.15. The molecule has 1 aromatic carbocycles. The van der Waals surface area contributed by atoms with Crippen LogP contribution in [0.2, 0.25) is 0 Å². The number of nitrogens with two attached hydrogens (primary N) is 1. The SMILES string of the molecule is CN1CC[C@H](CN)[C@H]1c1ccc(C(F)(F)F)cc1. The monoisotopic (exact) mass is 258 g/mol. The van der Waals surface area contributed by atoms with Gasteiger partial charge in [-0.3, -0.25) is 4.90 Å². The van der Waals surface area contributed by atoms with Crippen LogP contribution in [0.3, 0.4) is 0 Å². The van der Waals surface area contributed by atoms with E-state index in [2.05, 4.69) is 4.90 Å². The Hall–Kier alpha value is -1.07. The van der Waals surface area contributed by atoms with Crippen molar-refractivity contribution < 1.29 is 13.2 Å². The molecule has 1 aliphatic heterocycles. The van der Waals surface area contributed by atoms with E-state index < -0.39 is 11.7 Å². The van der Waals surface area contributed by atoms with Crippen LogP contribution >= 0.6 is 0 Å². The van der Waals surface area contributed by atoms with Crippen molar-refractivity contribution in [1.82, 2.24) is 4.90 Å². The summed E-state index contributed by atoms with van der Waals surface area (Å²) in [5.41, 5.74) is 6.03. The molecular weight excluding hydrogens is 241 g/mol. The van der Waals surface area contributed by atoms with Gasteiger partial charge in [0.05, 0.1) is 5.56 Å². The number of halogens is 3. The largest absolute Gasteiger partial charge is 0.416 e. The number of nitrogens with zero attached hydrogens (tertiary/aromatic N) is 1. The second-order valence-electron chi connectivity index (χ2n) is 4.83. The van der Waals surface area contributed by atoms with Crippen molar-refractivity contribution in [3.8, 4) is 0 Å². The molecule has 2 atom stereocenters. The lowest BCUT2D eigenvalue weighted by Crippen LogP contribution is -2.25. The van der Waals surface area contributed by atoms with Crippen LogP contribution in [0.15, 0.2) is 24.3 Å². The summed E-state index contributed by atoms with van der Waals surface area (Å²) in [7, 11) is 1.98. The number of hydrogen-bond donors (Lipinski definition) is 1. The molecule has 2 N–H and O–H groups in total. The number of benzene rings is 1. The van der Waals surface area contributed by atoms with Gasteiger partial charge in [0.1, 0.15) is 0 Å². The second-order valence-corrected chi connectivity index (χ2v) is 4.83. The quantitative estimate of drug-likeness (QED) is 0.883. The highest BCUT2D eigenvalue weighted by Crippen LogP contribution is 2.37. The normalized spacial score (nSPS) is 25.6. The van der Waals surface area contributed by atoms with E-state index in [1.807, 2.05) is 7.05 Å². The summed E-state index contributed by atoms with van der Waals surface area (Å²) in [6.07, 6.45) is -3.27. The van der Waals surface area contributed by atoms with E-state index in [1.54, 1.807) is 12.1 Å². The van der Waals surface area contributed by atoms with E-state index in [4.69, 9.17) is 5.73 Å². The Morgan fingerprint density at radius 2 is 1.89 bits per heavy atom. The van der Waals surface area contributed by atoms with Crippen molar-refractivity contribution in [3.05, 3.63) is 35.4 Å². The molecule has 0 radical (unpaired) electrons. The molecule has 100 valence electrons. The standard InChI is InChI=1S/C13H17F3N2/c1-18-7-6-10(8-17)12(18)9-2-4-11(5-3-9)13(14,15)16/h2-5,10,12H,6-8,17H2,1H3/t10-,12-/m1/s1. The lowest BCUT2D eigenvalue weighted by atomic mass is 9.93. The first-order valence-corrected chi connectivity index (χ1v) is 6.01. The van der Waals surface area contributed by atoms with Gasteiger partial charge < -0.3 is 5.73 Å². The van der Waals surface area contributed by atoms with Crippen molar-refractivity contribution in [2.24, 2.45) is 11.7 Å². The van der Waals surface area contributed by atoms with E-state index in [0.29, 0.717) is 12.5 Å². The lowest BCUT2D eigenvalue weighted by Gasteiger charge is -2.25. The van der Waals surface area contributed by atoms with Crippen molar-refractivity contribution >= 4 is 0 Å². The number of hydrogen-bond acceptors (Lipinski definition) is 2. The van der Waals surface area contributed by atoms with Crippen molar-refractivity contribution in [1.29, 1.82) is 0 Å². The second kappa shape index (κ2) is 4.90. The van der Waals surface area contributed by atoms with E-state index in [1.165, 1.54) is 0 Å². The molecule has 0 spiro atoms. The first-order valence-electron chi connectivity index (χ1n) is 6.01. The topological polar surface area (TPSA) is 29.3 Å². The average molecular weight is 258 g/mol. The molecule has 0 amide bonds. The zero-order chi connectivity index (χ0) is 13.3. The highest BCUT2D eigenvalue weighted by molar-refractivity contribution is 5.28. The smallest absolute Gasteiger partial charge is 0.330 e.